The maximum Gasteiger partial charge on any atom is 0.414 e. The molecule has 2 amide bonds. The highest BCUT2D eigenvalue weighted by Crippen LogP contribution is 2.29. The minimum atomic E-state index is -1.82. The Kier molecular flexibility index (Phi) is 9.60. The quantitative estimate of drug-likeness (QED) is 0.674. The van der Waals surface area contributed by atoms with Gasteiger partial charge < -0.3 is 29.5 Å². The van der Waals surface area contributed by atoms with Crippen LogP contribution in [0.4, 0.5) is 0 Å². The number of carbonyl (C=O) groups excluding carboxylic acids is 2. The highest BCUT2D eigenvalue weighted by molar-refractivity contribution is 6.27. The number of carbonyl (C=O) groups is 4. The third-order valence-corrected chi connectivity index (χ3v) is 4.33. The Hall–Kier alpha value is -3.30. The van der Waals surface area contributed by atoms with Crippen LogP contribution >= 0.6 is 0 Å². The van der Waals surface area contributed by atoms with E-state index in [4.69, 9.17) is 29.3 Å². The van der Waals surface area contributed by atoms with Gasteiger partial charge in [0.15, 0.2) is 0 Å². The van der Waals surface area contributed by atoms with E-state index in [-0.39, 0.29) is 11.8 Å². The van der Waals surface area contributed by atoms with E-state index in [1.165, 1.54) is 14.2 Å². The Morgan fingerprint density at radius 1 is 0.900 bits per heavy atom. The van der Waals surface area contributed by atoms with Crippen LogP contribution in [0.3, 0.4) is 0 Å². The van der Waals surface area contributed by atoms with E-state index in [2.05, 4.69) is 0 Å². The van der Waals surface area contributed by atoms with E-state index in [9.17, 15) is 9.59 Å². The molecular weight excluding hydrogens is 396 g/mol. The Morgan fingerprint density at radius 3 is 1.70 bits per heavy atom. The number of amides is 2. The Morgan fingerprint density at radius 2 is 1.33 bits per heavy atom. The molecule has 2 N–H and O–H groups in total. The molecule has 10 nitrogen and oxygen atoms in total. The highest BCUT2D eigenvalue weighted by atomic mass is 16.5. The maximum absolute atomic E-state index is 12.9. The molecule has 0 atom stereocenters. The van der Waals surface area contributed by atoms with Gasteiger partial charge in [-0.15, -0.1) is 0 Å². The van der Waals surface area contributed by atoms with E-state index < -0.39 is 11.9 Å². The van der Waals surface area contributed by atoms with E-state index in [0.717, 1.165) is 0 Å². The summed E-state index contributed by atoms with van der Waals surface area (Å²) in [5.41, 5.74) is 0.435. The Bertz CT molecular complexity index is 736. The number of hydrogen-bond acceptors (Lipinski definition) is 6. The zero-order chi connectivity index (χ0) is 22.8. The fourth-order valence-corrected chi connectivity index (χ4v) is 2.86. The summed E-state index contributed by atoms with van der Waals surface area (Å²) in [6, 6.07) is 5.29. The van der Waals surface area contributed by atoms with Crippen LogP contribution in [0, 0.1) is 5.92 Å². The lowest BCUT2D eigenvalue weighted by Gasteiger charge is -2.35. The molecule has 0 saturated carbocycles. The number of carboxylic acids is 2. The first-order valence-electron chi connectivity index (χ1n) is 9.36. The zero-order valence-corrected chi connectivity index (χ0v) is 17.6. The molecule has 0 bridgehead atoms. The minimum absolute atomic E-state index is 0.125. The summed E-state index contributed by atoms with van der Waals surface area (Å²) in [4.78, 5) is 46.8. The number of piperazine rings is 1. The average Bonchev–Trinajstić information content (AvgIpc) is 2.72. The van der Waals surface area contributed by atoms with Crippen molar-refractivity contribution in [2.24, 2.45) is 5.92 Å². The summed E-state index contributed by atoms with van der Waals surface area (Å²) in [7, 11) is 3.07. The first-order valence-corrected chi connectivity index (χ1v) is 9.36. The monoisotopic (exact) mass is 424 g/mol. The first-order chi connectivity index (χ1) is 14.1. The molecule has 1 fully saturated rings. The maximum atomic E-state index is 12.9. The van der Waals surface area contributed by atoms with Crippen LogP contribution in [-0.4, -0.2) is 84.2 Å². The van der Waals surface area contributed by atoms with E-state index in [1.807, 2.05) is 18.7 Å². The first kappa shape index (κ1) is 24.7. The largest absolute Gasteiger partial charge is 0.496 e. The van der Waals surface area contributed by atoms with Crippen LogP contribution in [0.2, 0.25) is 0 Å². The minimum Gasteiger partial charge on any atom is -0.496 e. The van der Waals surface area contributed by atoms with E-state index >= 15 is 0 Å². The standard InChI is InChI=1S/C18H26N2O4.C2H2O4/c1-13(2)12-16(21)19-8-10-20(11-9-19)18(22)17-14(23-3)6-5-7-15(17)24-4;3-1(4)2(5)6/h5-7,13H,8-12H2,1-4H3;(H,3,4)(H,5,6). The molecule has 0 radical (unpaired) electrons. The molecule has 166 valence electrons. The van der Waals surface area contributed by atoms with Gasteiger partial charge in [0.2, 0.25) is 5.91 Å². The average molecular weight is 424 g/mol. The molecule has 0 aliphatic carbocycles. The van der Waals surface area contributed by atoms with Crippen molar-refractivity contribution in [2.45, 2.75) is 20.3 Å². The smallest absolute Gasteiger partial charge is 0.414 e. The molecule has 1 aromatic carbocycles. The van der Waals surface area contributed by atoms with Crippen LogP contribution in [0.15, 0.2) is 18.2 Å². The second kappa shape index (κ2) is 11.6. The Balaban J connectivity index is 0.000000656. The molecule has 10 heteroatoms. The third-order valence-electron chi connectivity index (χ3n) is 4.33. The van der Waals surface area contributed by atoms with Gasteiger partial charge in [0.1, 0.15) is 17.1 Å². The predicted molar refractivity (Wildman–Crippen MR) is 107 cm³/mol. The van der Waals surface area contributed by atoms with Gasteiger partial charge in [-0.25, -0.2) is 9.59 Å². The molecule has 0 spiro atoms. The van der Waals surface area contributed by atoms with Crippen molar-refractivity contribution in [1.29, 1.82) is 0 Å². The van der Waals surface area contributed by atoms with Crippen molar-refractivity contribution in [1.82, 2.24) is 9.80 Å². The molecule has 1 aromatic rings. The summed E-state index contributed by atoms with van der Waals surface area (Å²) in [6.07, 6.45) is 0.550. The lowest BCUT2D eigenvalue weighted by atomic mass is 10.1. The van der Waals surface area contributed by atoms with Crippen LogP contribution in [-0.2, 0) is 14.4 Å². The topological polar surface area (TPSA) is 134 Å². The number of hydrogen-bond donors (Lipinski definition) is 2. The van der Waals surface area contributed by atoms with Crippen molar-refractivity contribution >= 4 is 23.8 Å². The molecule has 2 rings (SSSR count). The molecule has 30 heavy (non-hydrogen) atoms. The van der Waals surface area contributed by atoms with Crippen LogP contribution in [0.5, 0.6) is 11.5 Å². The van der Waals surface area contributed by atoms with Crippen molar-refractivity contribution in [3.8, 4) is 11.5 Å². The summed E-state index contributed by atoms with van der Waals surface area (Å²) >= 11 is 0. The fraction of sp³-hybridized carbons (Fsp3) is 0.500. The number of carboxylic acid groups (broad SMARTS) is 2. The van der Waals surface area contributed by atoms with Crippen molar-refractivity contribution < 1.29 is 38.9 Å². The molecule has 1 saturated heterocycles. The number of aliphatic carboxylic acids is 2. The molecule has 1 heterocycles. The molecule has 1 aliphatic heterocycles. The number of benzene rings is 1. The molecule has 1 aliphatic rings. The zero-order valence-electron chi connectivity index (χ0n) is 17.6. The van der Waals surface area contributed by atoms with Crippen LogP contribution in [0.25, 0.3) is 0 Å². The molecule has 0 aromatic heterocycles. The molecule has 0 unspecified atom stereocenters. The third kappa shape index (κ3) is 6.94. The predicted octanol–water partition coefficient (Wildman–Crippen LogP) is 1.19. The van der Waals surface area contributed by atoms with Gasteiger partial charge in [0.05, 0.1) is 14.2 Å². The van der Waals surface area contributed by atoms with Crippen LogP contribution in [0.1, 0.15) is 30.6 Å². The molecular formula is C20H28N2O8. The number of nitrogens with zero attached hydrogens (tertiary/aromatic N) is 2. The van der Waals surface area contributed by atoms with Gasteiger partial charge in [0, 0.05) is 32.6 Å². The number of rotatable bonds is 5. The van der Waals surface area contributed by atoms with Crippen molar-refractivity contribution in [2.75, 3.05) is 40.4 Å². The summed E-state index contributed by atoms with van der Waals surface area (Å²) in [5.74, 6) is -2.28. The number of ether oxygens (including phenoxy) is 2. The van der Waals surface area contributed by atoms with Gasteiger partial charge in [-0.05, 0) is 18.1 Å². The van der Waals surface area contributed by atoms with E-state index in [0.29, 0.717) is 55.6 Å². The van der Waals surface area contributed by atoms with Crippen molar-refractivity contribution in [3.63, 3.8) is 0 Å². The summed E-state index contributed by atoms with van der Waals surface area (Å²) < 4.78 is 10.6. The van der Waals surface area contributed by atoms with Gasteiger partial charge in [-0.1, -0.05) is 19.9 Å². The summed E-state index contributed by atoms with van der Waals surface area (Å²) in [6.45, 7) is 6.23. The fourth-order valence-electron chi connectivity index (χ4n) is 2.86. The van der Waals surface area contributed by atoms with Crippen molar-refractivity contribution in [3.05, 3.63) is 23.8 Å². The van der Waals surface area contributed by atoms with E-state index in [1.54, 1.807) is 23.1 Å². The SMILES string of the molecule is COc1cccc(OC)c1C(=O)N1CCN(C(=O)CC(C)C)CC1.O=C(O)C(=O)O. The van der Waals surface area contributed by atoms with Gasteiger partial charge in [-0.2, -0.15) is 0 Å². The second-order valence-corrected chi connectivity index (χ2v) is 6.92. The summed E-state index contributed by atoms with van der Waals surface area (Å²) in [5, 5.41) is 14.8. The van der Waals surface area contributed by atoms with Gasteiger partial charge in [0.25, 0.3) is 5.91 Å². The second-order valence-electron chi connectivity index (χ2n) is 6.92. The lowest BCUT2D eigenvalue weighted by Crippen LogP contribution is -2.50. The van der Waals surface area contributed by atoms with Gasteiger partial charge >= 0.3 is 11.9 Å². The normalized spacial score (nSPS) is 13.2. The van der Waals surface area contributed by atoms with Crippen LogP contribution < -0.4 is 9.47 Å². The highest BCUT2D eigenvalue weighted by Gasteiger charge is 2.28. The number of methoxy groups -OCH3 is 2. The van der Waals surface area contributed by atoms with Gasteiger partial charge in [-0.3, -0.25) is 9.59 Å². The lowest BCUT2D eigenvalue weighted by molar-refractivity contribution is -0.159. The Labute approximate surface area is 175 Å².